The molecule has 2 heterocycles. The lowest BCUT2D eigenvalue weighted by atomic mass is 10.1. The number of amides is 2. The molecule has 2 fully saturated rings. The van der Waals surface area contributed by atoms with Crippen LogP contribution in [0.3, 0.4) is 0 Å². The Hall–Kier alpha value is -1.05. The van der Waals surface area contributed by atoms with Crippen molar-refractivity contribution in [2.45, 2.75) is 25.0 Å². The van der Waals surface area contributed by atoms with Gasteiger partial charge in [-0.3, -0.25) is 9.59 Å². The number of nitrogens with two attached hydrogens (primary N) is 1. The van der Waals surface area contributed by atoms with Crippen molar-refractivity contribution in [1.82, 2.24) is 9.80 Å². The number of carbonyl (C=O) groups excluding carboxylic acids is 2. The van der Waals surface area contributed by atoms with Crippen LogP contribution in [0, 0.1) is 0 Å². The summed E-state index contributed by atoms with van der Waals surface area (Å²) in [5.74, 6) is -0.177. The van der Waals surface area contributed by atoms with Gasteiger partial charge < -0.3 is 20.3 Å². The molecule has 0 aromatic heterocycles. The lowest BCUT2D eigenvalue weighted by molar-refractivity contribution is -0.144. The molecule has 0 saturated carbocycles. The molecule has 2 aliphatic rings. The van der Waals surface area contributed by atoms with Crippen LogP contribution in [-0.4, -0.2) is 66.5 Å². The number of piperazine rings is 1. The molecule has 2 aliphatic heterocycles. The van der Waals surface area contributed by atoms with Crippen molar-refractivity contribution in [2.75, 3.05) is 32.7 Å². The Labute approximate surface area is 168 Å². The van der Waals surface area contributed by atoms with Gasteiger partial charge in [-0.2, -0.15) is 0 Å². The molecule has 2 atom stereocenters. The number of benzene rings is 1. The highest BCUT2D eigenvalue weighted by Crippen LogP contribution is 2.27. The predicted molar refractivity (Wildman–Crippen MR) is 103 cm³/mol. The highest BCUT2D eigenvalue weighted by atomic mass is 35.5. The maximum absolute atomic E-state index is 12.6. The highest BCUT2D eigenvalue weighted by Gasteiger charge is 2.35. The molecule has 0 spiro atoms. The molecule has 2 saturated heterocycles. The molecule has 6 nitrogen and oxygen atoms in total. The van der Waals surface area contributed by atoms with Crippen LogP contribution in [0.2, 0.25) is 10.0 Å². The molecular formula is C17H22Cl3N3O3. The van der Waals surface area contributed by atoms with Crippen LogP contribution in [-0.2, 0) is 9.53 Å². The minimum Gasteiger partial charge on any atom is -0.364 e. The van der Waals surface area contributed by atoms with E-state index in [-0.39, 0.29) is 35.3 Å². The second-order valence-corrected chi connectivity index (χ2v) is 7.06. The van der Waals surface area contributed by atoms with E-state index in [0.717, 1.165) is 6.42 Å². The second-order valence-electron chi connectivity index (χ2n) is 6.28. The summed E-state index contributed by atoms with van der Waals surface area (Å²) in [7, 11) is 0. The summed E-state index contributed by atoms with van der Waals surface area (Å²) in [5, 5.41) is 0.619. The van der Waals surface area contributed by atoms with Gasteiger partial charge in [-0.1, -0.05) is 29.3 Å². The SMILES string of the molecule is Cl.NC[C@H]1CC[C@@H](C(=O)N2CCN(C(=O)c3cccc(Cl)c3Cl)CC2)O1. The minimum atomic E-state index is -0.404. The van der Waals surface area contributed by atoms with E-state index in [2.05, 4.69) is 0 Å². The van der Waals surface area contributed by atoms with E-state index in [4.69, 9.17) is 33.7 Å². The molecule has 9 heteroatoms. The van der Waals surface area contributed by atoms with Crippen LogP contribution in [0.5, 0.6) is 0 Å². The summed E-state index contributed by atoms with van der Waals surface area (Å²) in [5.41, 5.74) is 5.98. The van der Waals surface area contributed by atoms with Crippen LogP contribution in [0.25, 0.3) is 0 Å². The van der Waals surface area contributed by atoms with E-state index in [1.54, 1.807) is 28.0 Å². The highest BCUT2D eigenvalue weighted by molar-refractivity contribution is 6.43. The fourth-order valence-electron chi connectivity index (χ4n) is 3.23. The van der Waals surface area contributed by atoms with Crippen LogP contribution in [0.4, 0.5) is 0 Å². The summed E-state index contributed by atoms with van der Waals surface area (Å²) in [4.78, 5) is 28.6. The second kappa shape index (κ2) is 9.24. The van der Waals surface area contributed by atoms with Crippen LogP contribution >= 0.6 is 35.6 Å². The van der Waals surface area contributed by atoms with Gasteiger partial charge in [0.15, 0.2) is 0 Å². The van der Waals surface area contributed by atoms with Crippen molar-refractivity contribution < 1.29 is 14.3 Å². The molecule has 2 N–H and O–H groups in total. The van der Waals surface area contributed by atoms with E-state index < -0.39 is 6.10 Å². The van der Waals surface area contributed by atoms with Gasteiger partial charge in [0.2, 0.25) is 0 Å². The number of hydrogen-bond acceptors (Lipinski definition) is 4. The Bertz CT molecular complexity index is 666. The average molecular weight is 423 g/mol. The maximum Gasteiger partial charge on any atom is 0.255 e. The number of rotatable bonds is 3. The first kappa shape index (κ1) is 21.3. The predicted octanol–water partition coefficient (Wildman–Crippen LogP) is 2.21. The Kier molecular flexibility index (Phi) is 7.55. The molecule has 26 heavy (non-hydrogen) atoms. The number of halogens is 3. The Morgan fingerprint density at radius 1 is 1.12 bits per heavy atom. The van der Waals surface area contributed by atoms with Crippen molar-refractivity contribution in [3.05, 3.63) is 33.8 Å². The van der Waals surface area contributed by atoms with Crippen molar-refractivity contribution in [1.29, 1.82) is 0 Å². The van der Waals surface area contributed by atoms with E-state index in [1.165, 1.54) is 0 Å². The normalized spacial score (nSPS) is 22.9. The van der Waals surface area contributed by atoms with E-state index in [1.807, 2.05) is 0 Å². The van der Waals surface area contributed by atoms with E-state index in [9.17, 15) is 9.59 Å². The molecule has 0 unspecified atom stereocenters. The Morgan fingerprint density at radius 2 is 1.77 bits per heavy atom. The summed E-state index contributed by atoms with van der Waals surface area (Å²) in [6, 6.07) is 5.01. The topological polar surface area (TPSA) is 75.9 Å². The van der Waals surface area contributed by atoms with Crippen molar-refractivity contribution in [3.63, 3.8) is 0 Å². The first-order chi connectivity index (χ1) is 12.0. The van der Waals surface area contributed by atoms with Gasteiger partial charge in [0.05, 0.1) is 21.7 Å². The quantitative estimate of drug-likeness (QED) is 0.810. The standard InChI is InChI=1S/C17H21Cl2N3O3.ClH/c18-13-3-1-2-12(15(13)19)16(23)21-6-8-22(9-7-21)17(24)14-5-4-11(10-20)25-14;/h1-3,11,14H,4-10,20H2;1H/t11-,14+;/m1./s1. The molecule has 2 amide bonds. The third-order valence-electron chi connectivity index (χ3n) is 4.71. The molecule has 0 bridgehead atoms. The lowest BCUT2D eigenvalue weighted by Gasteiger charge is -2.36. The fourth-order valence-corrected chi connectivity index (χ4v) is 3.61. The van der Waals surface area contributed by atoms with Gasteiger partial charge in [-0.25, -0.2) is 0 Å². The number of carbonyl (C=O) groups is 2. The molecule has 3 rings (SSSR count). The fraction of sp³-hybridized carbons (Fsp3) is 0.529. The van der Waals surface area contributed by atoms with Gasteiger partial charge in [0, 0.05) is 32.7 Å². The minimum absolute atomic E-state index is 0. The van der Waals surface area contributed by atoms with Crippen LogP contribution in [0.15, 0.2) is 18.2 Å². The third-order valence-corrected chi connectivity index (χ3v) is 5.53. The zero-order valence-corrected chi connectivity index (χ0v) is 16.5. The summed E-state index contributed by atoms with van der Waals surface area (Å²) < 4.78 is 5.67. The zero-order chi connectivity index (χ0) is 18.0. The van der Waals surface area contributed by atoms with E-state index in [0.29, 0.717) is 49.7 Å². The summed E-state index contributed by atoms with van der Waals surface area (Å²) >= 11 is 12.1. The summed E-state index contributed by atoms with van der Waals surface area (Å²) in [6.45, 7) is 2.32. The zero-order valence-electron chi connectivity index (χ0n) is 14.2. The molecule has 1 aromatic carbocycles. The van der Waals surface area contributed by atoms with Crippen LogP contribution < -0.4 is 5.73 Å². The van der Waals surface area contributed by atoms with Crippen LogP contribution in [0.1, 0.15) is 23.2 Å². The summed E-state index contributed by atoms with van der Waals surface area (Å²) in [6.07, 6.45) is 1.09. The molecule has 1 aromatic rings. The van der Waals surface area contributed by atoms with Crippen molar-refractivity contribution >= 4 is 47.4 Å². The van der Waals surface area contributed by atoms with Crippen molar-refractivity contribution in [3.8, 4) is 0 Å². The monoisotopic (exact) mass is 421 g/mol. The lowest BCUT2D eigenvalue weighted by Crippen LogP contribution is -2.53. The molecular weight excluding hydrogens is 401 g/mol. The number of hydrogen-bond donors (Lipinski definition) is 1. The van der Waals surface area contributed by atoms with E-state index >= 15 is 0 Å². The van der Waals surface area contributed by atoms with Gasteiger partial charge in [-0.05, 0) is 25.0 Å². The van der Waals surface area contributed by atoms with Crippen molar-refractivity contribution in [2.24, 2.45) is 5.73 Å². The molecule has 0 aliphatic carbocycles. The van der Waals surface area contributed by atoms with Gasteiger partial charge in [-0.15, -0.1) is 12.4 Å². The van der Waals surface area contributed by atoms with Gasteiger partial charge in [0.25, 0.3) is 11.8 Å². The Morgan fingerprint density at radius 3 is 2.38 bits per heavy atom. The largest absolute Gasteiger partial charge is 0.364 e. The number of nitrogens with zero attached hydrogens (tertiary/aromatic N) is 2. The number of ether oxygens (including phenoxy) is 1. The smallest absolute Gasteiger partial charge is 0.255 e. The van der Waals surface area contributed by atoms with Gasteiger partial charge in [0.1, 0.15) is 6.10 Å². The average Bonchev–Trinajstić information content (AvgIpc) is 3.12. The Balaban J connectivity index is 0.00000243. The first-order valence-electron chi connectivity index (χ1n) is 8.39. The molecule has 0 radical (unpaired) electrons. The van der Waals surface area contributed by atoms with Gasteiger partial charge >= 0.3 is 0 Å². The third kappa shape index (κ3) is 4.43. The molecule has 144 valence electrons. The first-order valence-corrected chi connectivity index (χ1v) is 9.14. The maximum atomic E-state index is 12.6.